The summed E-state index contributed by atoms with van der Waals surface area (Å²) < 4.78 is 0. The fraction of sp³-hybridized carbons (Fsp3) is 0.417. The zero-order valence-electron chi connectivity index (χ0n) is 9.98. The molecule has 0 saturated heterocycles. The quantitative estimate of drug-likeness (QED) is 0.318. The van der Waals surface area contributed by atoms with Gasteiger partial charge in [0.15, 0.2) is 5.78 Å². The Labute approximate surface area is 94.9 Å². The Morgan fingerprint density at radius 2 is 2.00 bits per heavy atom. The fourth-order valence-electron chi connectivity index (χ4n) is 1.49. The van der Waals surface area contributed by atoms with Crippen molar-refractivity contribution in [2.45, 2.75) is 33.1 Å². The lowest BCUT2D eigenvalue weighted by Crippen LogP contribution is -2.12. The second-order valence-corrected chi connectivity index (χ2v) is 4.73. The summed E-state index contributed by atoms with van der Waals surface area (Å²) in [6.07, 6.45) is 0. The summed E-state index contributed by atoms with van der Waals surface area (Å²) >= 11 is 0. The zero-order valence-corrected chi connectivity index (χ0v) is 9.98. The fourth-order valence-corrected chi connectivity index (χ4v) is 1.49. The van der Waals surface area contributed by atoms with Gasteiger partial charge in [-0.3, -0.25) is 4.79 Å². The van der Waals surface area contributed by atoms with E-state index in [1.165, 1.54) is 6.92 Å². The van der Waals surface area contributed by atoms with Crippen LogP contribution in [-0.2, 0) is 5.41 Å². The minimum Gasteiger partial charge on any atom is -0.295 e. The van der Waals surface area contributed by atoms with Crippen molar-refractivity contribution in [1.29, 1.82) is 0 Å². The number of carbonyl (C=O) groups excluding carboxylic acids is 1. The number of carbonyl (C=O) groups is 1. The monoisotopic (exact) mass is 217 g/mol. The van der Waals surface area contributed by atoms with Crippen LogP contribution >= 0.6 is 0 Å². The maximum absolute atomic E-state index is 11.3. The molecule has 0 saturated carbocycles. The lowest BCUT2D eigenvalue weighted by molar-refractivity contribution is 0.101. The molecule has 0 aliphatic carbocycles. The molecule has 1 aromatic rings. The van der Waals surface area contributed by atoms with Crippen LogP contribution in [0.3, 0.4) is 0 Å². The molecule has 0 atom stereocenters. The lowest BCUT2D eigenvalue weighted by atomic mass is 9.84. The first-order chi connectivity index (χ1) is 7.36. The number of ketones is 1. The molecular weight excluding hydrogens is 202 g/mol. The van der Waals surface area contributed by atoms with E-state index < -0.39 is 0 Å². The number of azide groups is 1. The molecule has 1 aromatic carbocycles. The molecule has 84 valence electrons. The number of Topliss-reactive ketones (excluding diaryl/α,β-unsaturated/α-hetero) is 1. The first-order valence-corrected chi connectivity index (χ1v) is 5.07. The van der Waals surface area contributed by atoms with Gasteiger partial charge < -0.3 is 0 Å². The minimum absolute atomic E-state index is 0.0120. The maximum Gasteiger partial charge on any atom is 0.159 e. The van der Waals surface area contributed by atoms with Crippen molar-refractivity contribution < 1.29 is 4.79 Å². The highest BCUT2D eigenvalue weighted by molar-refractivity contribution is 5.94. The molecule has 4 heteroatoms. The van der Waals surface area contributed by atoms with Crippen LogP contribution < -0.4 is 0 Å². The molecule has 0 unspecified atom stereocenters. The van der Waals surface area contributed by atoms with Gasteiger partial charge >= 0.3 is 0 Å². The molecule has 0 fully saturated rings. The van der Waals surface area contributed by atoms with E-state index in [2.05, 4.69) is 10.0 Å². The Kier molecular flexibility index (Phi) is 3.35. The average Bonchev–Trinajstić information content (AvgIpc) is 2.16. The van der Waals surface area contributed by atoms with Gasteiger partial charge in [-0.05, 0) is 29.5 Å². The highest BCUT2D eigenvalue weighted by Gasteiger charge is 2.18. The van der Waals surface area contributed by atoms with Gasteiger partial charge in [0.2, 0.25) is 0 Å². The third-order valence-electron chi connectivity index (χ3n) is 2.36. The Morgan fingerprint density at radius 3 is 2.44 bits per heavy atom. The van der Waals surface area contributed by atoms with Crippen molar-refractivity contribution in [3.63, 3.8) is 0 Å². The van der Waals surface area contributed by atoms with Gasteiger partial charge in [0.1, 0.15) is 0 Å². The van der Waals surface area contributed by atoms with Crippen LogP contribution in [-0.4, -0.2) is 5.78 Å². The van der Waals surface area contributed by atoms with Gasteiger partial charge in [0.05, 0.1) is 0 Å². The van der Waals surface area contributed by atoms with Gasteiger partial charge in [-0.25, -0.2) is 0 Å². The van der Waals surface area contributed by atoms with Crippen LogP contribution in [0.5, 0.6) is 0 Å². The predicted molar refractivity (Wildman–Crippen MR) is 64.0 cm³/mol. The second kappa shape index (κ2) is 4.37. The third kappa shape index (κ3) is 2.61. The van der Waals surface area contributed by atoms with Crippen molar-refractivity contribution in [2.24, 2.45) is 5.11 Å². The Bertz CT molecular complexity index is 466. The standard InChI is InChI=1S/C12H15N3O/c1-8(16)9-5-6-11(14-15-13)10(7-9)12(2,3)4/h5-7H,1-4H3. The third-order valence-corrected chi connectivity index (χ3v) is 2.36. The van der Waals surface area contributed by atoms with Crippen molar-refractivity contribution in [3.8, 4) is 0 Å². The van der Waals surface area contributed by atoms with Gasteiger partial charge in [-0.1, -0.05) is 38.0 Å². The van der Waals surface area contributed by atoms with Gasteiger partial charge in [0, 0.05) is 16.2 Å². The summed E-state index contributed by atoms with van der Waals surface area (Å²) in [4.78, 5) is 14.1. The molecule has 0 aliphatic rings. The molecule has 0 amide bonds. The van der Waals surface area contributed by atoms with E-state index in [1.807, 2.05) is 20.8 Å². The number of hydrogen-bond acceptors (Lipinski definition) is 2. The predicted octanol–water partition coefficient (Wildman–Crippen LogP) is 4.13. The number of nitrogens with zero attached hydrogens (tertiary/aromatic N) is 3. The van der Waals surface area contributed by atoms with E-state index >= 15 is 0 Å². The molecule has 0 heterocycles. The van der Waals surface area contributed by atoms with E-state index in [-0.39, 0.29) is 11.2 Å². The van der Waals surface area contributed by atoms with Gasteiger partial charge in [-0.15, -0.1) is 0 Å². The molecule has 0 N–H and O–H groups in total. The Balaban J connectivity index is 3.44. The zero-order chi connectivity index (χ0) is 12.3. The molecule has 0 aliphatic heterocycles. The minimum atomic E-state index is -0.158. The van der Waals surface area contributed by atoms with E-state index in [9.17, 15) is 4.79 Å². The van der Waals surface area contributed by atoms with Gasteiger partial charge in [0.25, 0.3) is 0 Å². The smallest absolute Gasteiger partial charge is 0.159 e. The summed E-state index contributed by atoms with van der Waals surface area (Å²) in [6, 6.07) is 5.17. The van der Waals surface area contributed by atoms with E-state index in [0.29, 0.717) is 11.3 Å². The Hall–Kier alpha value is -1.80. The topological polar surface area (TPSA) is 65.8 Å². The van der Waals surface area contributed by atoms with Crippen LogP contribution in [0.4, 0.5) is 5.69 Å². The first-order valence-electron chi connectivity index (χ1n) is 5.07. The summed E-state index contributed by atoms with van der Waals surface area (Å²) in [5, 5.41) is 3.64. The number of benzene rings is 1. The SMILES string of the molecule is CC(=O)c1ccc(N=[N+]=[N-])c(C(C)(C)C)c1. The van der Waals surface area contributed by atoms with E-state index in [4.69, 9.17) is 5.53 Å². The normalized spacial score (nSPS) is 10.8. The molecule has 4 nitrogen and oxygen atoms in total. The molecule has 0 bridgehead atoms. The molecular formula is C12H15N3O. The summed E-state index contributed by atoms with van der Waals surface area (Å²) in [7, 11) is 0. The summed E-state index contributed by atoms with van der Waals surface area (Å²) in [5.74, 6) is 0.0120. The molecule has 1 rings (SSSR count). The first kappa shape index (κ1) is 12.3. The molecule has 0 radical (unpaired) electrons. The van der Waals surface area contributed by atoms with Crippen molar-refractivity contribution >= 4 is 11.5 Å². The van der Waals surface area contributed by atoms with Crippen molar-refractivity contribution in [1.82, 2.24) is 0 Å². The van der Waals surface area contributed by atoms with E-state index in [0.717, 1.165) is 5.56 Å². The number of rotatable bonds is 2. The van der Waals surface area contributed by atoms with Gasteiger partial charge in [-0.2, -0.15) is 0 Å². The van der Waals surface area contributed by atoms with Crippen LogP contribution in [0.25, 0.3) is 10.4 Å². The lowest BCUT2D eigenvalue weighted by Gasteiger charge is -2.21. The van der Waals surface area contributed by atoms with Crippen molar-refractivity contribution in [2.75, 3.05) is 0 Å². The highest BCUT2D eigenvalue weighted by atomic mass is 16.1. The largest absolute Gasteiger partial charge is 0.295 e. The second-order valence-electron chi connectivity index (χ2n) is 4.73. The highest BCUT2D eigenvalue weighted by Crippen LogP contribution is 2.32. The van der Waals surface area contributed by atoms with Crippen LogP contribution in [0.1, 0.15) is 43.6 Å². The van der Waals surface area contributed by atoms with Crippen LogP contribution in [0.15, 0.2) is 23.3 Å². The Morgan fingerprint density at radius 1 is 1.38 bits per heavy atom. The van der Waals surface area contributed by atoms with E-state index in [1.54, 1.807) is 18.2 Å². The summed E-state index contributed by atoms with van der Waals surface area (Å²) in [6.45, 7) is 7.57. The maximum atomic E-state index is 11.3. The van der Waals surface area contributed by atoms with Crippen molar-refractivity contribution in [3.05, 3.63) is 39.8 Å². The molecule has 16 heavy (non-hydrogen) atoms. The number of hydrogen-bond donors (Lipinski definition) is 0. The average molecular weight is 217 g/mol. The molecule has 0 spiro atoms. The van der Waals surface area contributed by atoms with Crippen LogP contribution in [0, 0.1) is 0 Å². The molecule has 0 aromatic heterocycles. The van der Waals surface area contributed by atoms with Crippen LogP contribution in [0.2, 0.25) is 0 Å². The summed E-state index contributed by atoms with van der Waals surface area (Å²) in [5.41, 5.74) is 10.4.